The number of benzene rings is 2. The van der Waals surface area contributed by atoms with Crippen LogP contribution in [0.1, 0.15) is 25.3 Å². The highest BCUT2D eigenvalue weighted by molar-refractivity contribution is 7.89. The third-order valence-corrected chi connectivity index (χ3v) is 7.77. The summed E-state index contributed by atoms with van der Waals surface area (Å²) >= 11 is 0. The van der Waals surface area contributed by atoms with Crippen molar-refractivity contribution in [2.75, 3.05) is 27.3 Å². The molecule has 35 heavy (non-hydrogen) atoms. The second-order valence-corrected chi connectivity index (χ2v) is 10.2. The number of rotatable bonds is 9. The van der Waals surface area contributed by atoms with Gasteiger partial charge in [0.05, 0.1) is 19.1 Å². The molecule has 2 amide bonds. The lowest BCUT2D eigenvalue weighted by atomic mass is 10.0. The average Bonchev–Trinajstić information content (AvgIpc) is 2.83. The number of nitrogens with zero attached hydrogens (tertiary/aromatic N) is 1. The fraction of sp³-hybridized carbons (Fsp3) is 0.417. The summed E-state index contributed by atoms with van der Waals surface area (Å²) in [5.41, 5.74) is 0.695. The standard InChI is InChI=1S/C24H30FN3O6S/c1-16(29)26-21(15-17-5-4-6-22(33-2)23(17)34-3)24(30)27-19-11-13-28(14-12-19)35(31,32)20-9-7-18(25)8-10-20/h4-10,19,21H,11-15H2,1-3H3,(H,26,29)(H,27,30)/t21-/m0/s1. The average molecular weight is 508 g/mol. The van der Waals surface area contributed by atoms with E-state index in [0.717, 1.165) is 12.1 Å². The summed E-state index contributed by atoms with van der Waals surface area (Å²) in [7, 11) is -0.728. The van der Waals surface area contributed by atoms with Crippen molar-refractivity contribution in [1.82, 2.24) is 14.9 Å². The number of sulfonamides is 1. The van der Waals surface area contributed by atoms with Crippen LogP contribution in [0.3, 0.4) is 0 Å². The van der Waals surface area contributed by atoms with Gasteiger partial charge in [0.1, 0.15) is 11.9 Å². The maximum atomic E-state index is 13.2. The molecule has 9 nitrogen and oxygen atoms in total. The zero-order chi connectivity index (χ0) is 25.6. The van der Waals surface area contributed by atoms with Gasteiger partial charge in [0, 0.05) is 38.0 Å². The van der Waals surface area contributed by atoms with E-state index in [4.69, 9.17) is 9.47 Å². The summed E-state index contributed by atoms with van der Waals surface area (Å²) in [5.74, 6) is -0.234. The Balaban J connectivity index is 1.65. The molecule has 3 rings (SSSR count). The van der Waals surface area contributed by atoms with Crippen molar-refractivity contribution in [3.63, 3.8) is 0 Å². The van der Waals surface area contributed by atoms with Crippen molar-refractivity contribution in [3.8, 4) is 11.5 Å². The highest BCUT2D eigenvalue weighted by Crippen LogP contribution is 2.31. The molecule has 0 bridgehead atoms. The molecule has 1 atom stereocenters. The van der Waals surface area contributed by atoms with Crippen LogP contribution in [-0.4, -0.2) is 63.9 Å². The fourth-order valence-corrected chi connectivity index (χ4v) is 5.56. The van der Waals surface area contributed by atoms with Crippen LogP contribution in [0.4, 0.5) is 4.39 Å². The van der Waals surface area contributed by atoms with Gasteiger partial charge in [0.15, 0.2) is 11.5 Å². The van der Waals surface area contributed by atoms with Crippen LogP contribution >= 0.6 is 0 Å². The first kappa shape index (κ1) is 26.4. The highest BCUT2D eigenvalue weighted by Gasteiger charge is 2.31. The zero-order valence-corrected chi connectivity index (χ0v) is 20.7. The van der Waals surface area contributed by atoms with Gasteiger partial charge in [0.25, 0.3) is 0 Å². The molecule has 1 aliphatic heterocycles. The van der Waals surface area contributed by atoms with E-state index in [1.54, 1.807) is 18.2 Å². The second-order valence-electron chi connectivity index (χ2n) is 8.25. The van der Waals surface area contributed by atoms with Gasteiger partial charge in [-0.3, -0.25) is 9.59 Å². The predicted octanol–water partition coefficient (Wildman–Crippen LogP) is 1.86. The fourth-order valence-electron chi connectivity index (χ4n) is 4.09. The first-order valence-electron chi connectivity index (χ1n) is 11.2. The quantitative estimate of drug-likeness (QED) is 0.536. The van der Waals surface area contributed by atoms with Gasteiger partial charge < -0.3 is 20.1 Å². The molecule has 0 unspecified atom stereocenters. The number of hydrogen-bond donors (Lipinski definition) is 2. The Morgan fingerprint density at radius 2 is 1.74 bits per heavy atom. The van der Waals surface area contributed by atoms with Gasteiger partial charge in [-0.15, -0.1) is 0 Å². The van der Waals surface area contributed by atoms with Gasteiger partial charge in [0.2, 0.25) is 21.8 Å². The first-order chi connectivity index (χ1) is 16.6. The van der Waals surface area contributed by atoms with E-state index in [-0.39, 0.29) is 42.3 Å². The molecule has 190 valence electrons. The lowest BCUT2D eigenvalue weighted by molar-refractivity contribution is -0.128. The summed E-state index contributed by atoms with van der Waals surface area (Å²) in [5, 5.41) is 5.61. The normalized spacial score (nSPS) is 15.8. The van der Waals surface area contributed by atoms with Gasteiger partial charge in [-0.1, -0.05) is 12.1 Å². The van der Waals surface area contributed by atoms with Crippen LogP contribution in [0.5, 0.6) is 11.5 Å². The predicted molar refractivity (Wildman–Crippen MR) is 127 cm³/mol. The summed E-state index contributed by atoms with van der Waals surface area (Å²) in [6.45, 7) is 1.75. The summed E-state index contributed by atoms with van der Waals surface area (Å²) < 4.78 is 50.9. The van der Waals surface area contributed by atoms with E-state index in [2.05, 4.69) is 10.6 Å². The molecule has 1 fully saturated rings. The Hall–Kier alpha value is -3.18. The van der Waals surface area contributed by atoms with Gasteiger partial charge >= 0.3 is 0 Å². The lowest BCUT2D eigenvalue weighted by Gasteiger charge is -2.32. The Bertz CT molecular complexity index is 1150. The van der Waals surface area contributed by atoms with E-state index >= 15 is 0 Å². The smallest absolute Gasteiger partial charge is 0.243 e. The minimum Gasteiger partial charge on any atom is -0.493 e. The zero-order valence-electron chi connectivity index (χ0n) is 19.9. The molecule has 0 aromatic heterocycles. The van der Waals surface area contributed by atoms with Gasteiger partial charge in [-0.2, -0.15) is 4.31 Å². The van der Waals surface area contributed by atoms with Crippen molar-refractivity contribution < 1.29 is 31.9 Å². The SMILES string of the molecule is COc1cccc(C[C@H](NC(C)=O)C(=O)NC2CCN(S(=O)(=O)c3ccc(F)cc3)CC2)c1OC. The summed E-state index contributed by atoms with van der Waals surface area (Å²) in [6, 6.07) is 8.90. The van der Waals surface area contributed by atoms with Crippen molar-refractivity contribution in [1.29, 1.82) is 0 Å². The van der Waals surface area contributed by atoms with E-state index < -0.39 is 21.9 Å². The maximum absolute atomic E-state index is 13.2. The highest BCUT2D eigenvalue weighted by atomic mass is 32.2. The molecule has 0 aliphatic carbocycles. The number of ether oxygens (including phenoxy) is 2. The summed E-state index contributed by atoms with van der Waals surface area (Å²) in [4.78, 5) is 24.9. The van der Waals surface area contributed by atoms with Crippen LogP contribution in [0.2, 0.25) is 0 Å². The van der Waals surface area contributed by atoms with Crippen LogP contribution in [0.15, 0.2) is 47.4 Å². The molecule has 0 spiro atoms. The molecule has 1 saturated heterocycles. The molecule has 11 heteroatoms. The molecule has 1 heterocycles. The molecule has 0 saturated carbocycles. The Kier molecular flexibility index (Phi) is 8.68. The van der Waals surface area contributed by atoms with E-state index in [0.29, 0.717) is 29.9 Å². The van der Waals surface area contributed by atoms with Crippen LogP contribution < -0.4 is 20.1 Å². The monoisotopic (exact) mass is 507 g/mol. The number of carbonyl (C=O) groups is 2. The lowest BCUT2D eigenvalue weighted by Crippen LogP contribution is -2.53. The molecule has 0 radical (unpaired) electrons. The Morgan fingerprint density at radius 1 is 1.09 bits per heavy atom. The molecule has 2 aromatic carbocycles. The number of carbonyl (C=O) groups excluding carboxylic acids is 2. The van der Waals surface area contributed by atoms with E-state index in [1.807, 2.05) is 0 Å². The molecule has 2 N–H and O–H groups in total. The minimum atomic E-state index is -3.75. The number of methoxy groups -OCH3 is 2. The van der Waals surface area contributed by atoms with Gasteiger partial charge in [-0.25, -0.2) is 12.8 Å². The summed E-state index contributed by atoms with van der Waals surface area (Å²) in [6.07, 6.45) is 0.993. The van der Waals surface area contributed by atoms with Crippen LogP contribution in [-0.2, 0) is 26.0 Å². The number of para-hydroxylation sites is 1. The van der Waals surface area contributed by atoms with Crippen LogP contribution in [0.25, 0.3) is 0 Å². The van der Waals surface area contributed by atoms with Crippen LogP contribution in [0, 0.1) is 5.82 Å². The van der Waals surface area contributed by atoms with Crippen molar-refractivity contribution in [2.45, 2.75) is 43.2 Å². The topological polar surface area (TPSA) is 114 Å². The number of piperidine rings is 1. The first-order valence-corrected chi connectivity index (χ1v) is 12.6. The van der Waals surface area contributed by atoms with Crippen molar-refractivity contribution in [3.05, 3.63) is 53.8 Å². The third-order valence-electron chi connectivity index (χ3n) is 5.85. The second kappa shape index (κ2) is 11.5. The maximum Gasteiger partial charge on any atom is 0.243 e. The van der Waals surface area contributed by atoms with Crippen molar-refractivity contribution in [2.24, 2.45) is 0 Å². The number of amides is 2. The molecular weight excluding hydrogens is 477 g/mol. The van der Waals surface area contributed by atoms with E-state index in [1.165, 1.54) is 37.6 Å². The Morgan fingerprint density at radius 3 is 2.31 bits per heavy atom. The number of nitrogens with one attached hydrogen (secondary N) is 2. The minimum absolute atomic E-state index is 0.0272. The number of halogens is 1. The van der Waals surface area contributed by atoms with Gasteiger partial charge in [-0.05, 0) is 43.2 Å². The molecule has 2 aromatic rings. The van der Waals surface area contributed by atoms with Crippen molar-refractivity contribution >= 4 is 21.8 Å². The molecular formula is C24H30FN3O6S. The number of hydrogen-bond acceptors (Lipinski definition) is 6. The van der Waals surface area contributed by atoms with E-state index in [9.17, 15) is 22.4 Å². The molecule has 1 aliphatic rings. The Labute approximate surface area is 204 Å². The largest absolute Gasteiger partial charge is 0.493 e. The third kappa shape index (κ3) is 6.49.